The summed E-state index contributed by atoms with van der Waals surface area (Å²) in [5.74, 6) is 0.878. The molecule has 0 atom stereocenters. The molecule has 9 heteroatoms. The van der Waals surface area contributed by atoms with Gasteiger partial charge >= 0.3 is 5.97 Å². The lowest BCUT2D eigenvalue weighted by molar-refractivity contribution is -0.116. The van der Waals surface area contributed by atoms with Crippen LogP contribution in [0.2, 0.25) is 0 Å². The zero-order valence-corrected chi connectivity index (χ0v) is 16.8. The largest absolute Gasteiger partial charge is 0.493 e. The molecule has 9 nitrogen and oxygen atoms in total. The predicted molar refractivity (Wildman–Crippen MR) is 105 cm³/mol. The molecule has 0 unspecified atom stereocenters. The van der Waals surface area contributed by atoms with E-state index in [0.29, 0.717) is 39.8 Å². The molecule has 3 rings (SSSR count). The van der Waals surface area contributed by atoms with Crippen molar-refractivity contribution >= 4 is 28.7 Å². The first-order chi connectivity index (χ1) is 13.9. The molecule has 0 aliphatic rings. The highest BCUT2D eigenvalue weighted by atomic mass is 16.5. The van der Waals surface area contributed by atoms with E-state index in [0.717, 1.165) is 0 Å². The van der Waals surface area contributed by atoms with Crippen LogP contribution in [-0.4, -0.2) is 44.9 Å². The number of hydrogen-bond acceptors (Lipinski definition) is 7. The van der Waals surface area contributed by atoms with E-state index < -0.39 is 5.97 Å². The maximum atomic E-state index is 12.8. The number of fused-ring (bicyclic) bond motifs is 1. The fraction of sp³-hybridized carbons (Fsp3) is 0.300. The summed E-state index contributed by atoms with van der Waals surface area (Å²) < 4.78 is 27.9. The lowest BCUT2D eigenvalue weighted by Gasteiger charge is -2.16. The van der Waals surface area contributed by atoms with Gasteiger partial charge in [0, 0.05) is 12.1 Å². The lowest BCUT2D eigenvalue weighted by Crippen LogP contribution is -2.22. The number of benzene rings is 1. The number of aryl methyl sites for hydroxylation is 1. The van der Waals surface area contributed by atoms with Crippen LogP contribution in [0.3, 0.4) is 0 Å². The minimum absolute atomic E-state index is 0.135. The van der Waals surface area contributed by atoms with E-state index in [4.69, 9.17) is 23.4 Å². The van der Waals surface area contributed by atoms with Gasteiger partial charge < -0.3 is 33.2 Å². The number of esters is 1. The van der Waals surface area contributed by atoms with Crippen LogP contribution in [0.5, 0.6) is 17.2 Å². The van der Waals surface area contributed by atoms with Crippen LogP contribution in [0.25, 0.3) is 11.1 Å². The Labute approximate surface area is 167 Å². The number of ether oxygens (including phenoxy) is 4. The van der Waals surface area contributed by atoms with E-state index >= 15 is 0 Å². The molecule has 0 saturated heterocycles. The van der Waals surface area contributed by atoms with Gasteiger partial charge in [0.25, 0.3) is 0 Å². The molecule has 2 heterocycles. The summed E-state index contributed by atoms with van der Waals surface area (Å²) in [6.45, 7) is 1.65. The average molecular weight is 402 g/mol. The number of carbonyl (C=O) groups is 2. The van der Waals surface area contributed by atoms with Crippen molar-refractivity contribution < 1.29 is 33.0 Å². The number of anilines is 1. The second-order valence-electron chi connectivity index (χ2n) is 6.14. The van der Waals surface area contributed by atoms with Crippen molar-refractivity contribution in [3.8, 4) is 17.2 Å². The van der Waals surface area contributed by atoms with E-state index in [1.165, 1.54) is 28.4 Å². The molecule has 0 aliphatic carbocycles. The van der Waals surface area contributed by atoms with E-state index in [2.05, 4.69) is 5.32 Å². The Morgan fingerprint density at radius 2 is 1.76 bits per heavy atom. The number of furan rings is 1. The summed E-state index contributed by atoms with van der Waals surface area (Å²) >= 11 is 0. The monoisotopic (exact) mass is 402 g/mol. The molecule has 154 valence electrons. The van der Waals surface area contributed by atoms with Crippen LogP contribution in [-0.2, 0) is 16.1 Å². The lowest BCUT2D eigenvalue weighted by atomic mass is 10.2. The fourth-order valence-electron chi connectivity index (χ4n) is 3.14. The number of aromatic nitrogens is 1. The highest BCUT2D eigenvalue weighted by Crippen LogP contribution is 2.42. The molecule has 1 aromatic carbocycles. The summed E-state index contributed by atoms with van der Waals surface area (Å²) in [5, 5.41) is 2.78. The normalized spacial score (nSPS) is 10.7. The third-order valence-electron chi connectivity index (χ3n) is 4.39. The molecule has 0 fully saturated rings. The van der Waals surface area contributed by atoms with Gasteiger partial charge in [0.2, 0.25) is 11.7 Å². The first-order valence-electron chi connectivity index (χ1n) is 8.70. The Kier molecular flexibility index (Phi) is 5.67. The second kappa shape index (κ2) is 8.17. The van der Waals surface area contributed by atoms with Crippen LogP contribution in [0.4, 0.5) is 5.69 Å². The summed E-state index contributed by atoms with van der Waals surface area (Å²) in [7, 11) is 5.73. The Bertz CT molecular complexity index is 1060. The zero-order chi connectivity index (χ0) is 21.1. The van der Waals surface area contributed by atoms with Gasteiger partial charge in [0.15, 0.2) is 17.1 Å². The molecule has 0 aliphatic heterocycles. The average Bonchev–Trinajstić information content (AvgIpc) is 3.23. The number of hydrogen-bond donors (Lipinski definition) is 1. The quantitative estimate of drug-likeness (QED) is 0.606. The van der Waals surface area contributed by atoms with Gasteiger partial charge in [-0.05, 0) is 19.1 Å². The summed E-state index contributed by atoms with van der Waals surface area (Å²) in [6, 6.07) is 6.61. The van der Waals surface area contributed by atoms with Crippen LogP contribution in [0.15, 0.2) is 28.7 Å². The molecule has 1 N–H and O–H groups in total. The molecular formula is C20H22N2O7. The van der Waals surface area contributed by atoms with Gasteiger partial charge in [0.05, 0.1) is 39.6 Å². The van der Waals surface area contributed by atoms with E-state index in [1.54, 1.807) is 35.8 Å². The van der Waals surface area contributed by atoms with Crippen LogP contribution in [0, 0.1) is 6.92 Å². The molecule has 0 saturated carbocycles. The van der Waals surface area contributed by atoms with Gasteiger partial charge in [0.1, 0.15) is 18.0 Å². The van der Waals surface area contributed by atoms with Crippen molar-refractivity contribution in [1.82, 2.24) is 4.57 Å². The van der Waals surface area contributed by atoms with Crippen molar-refractivity contribution in [3.63, 3.8) is 0 Å². The van der Waals surface area contributed by atoms with E-state index in [9.17, 15) is 9.59 Å². The highest BCUT2D eigenvalue weighted by Gasteiger charge is 2.22. The summed E-state index contributed by atoms with van der Waals surface area (Å²) in [6.07, 6.45) is 0. The Hall–Kier alpha value is -3.62. The molecule has 0 bridgehead atoms. The SMILES string of the molecule is COC(=O)c1cc2oc(C)cc2n1CC(=O)Nc1ccc(OC)c(OC)c1OC. The summed E-state index contributed by atoms with van der Waals surface area (Å²) in [4.78, 5) is 24.9. The molecule has 1 amide bonds. The van der Waals surface area contributed by atoms with Crippen molar-refractivity contribution in [2.75, 3.05) is 33.8 Å². The Balaban J connectivity index is 1.93. The van der Waals surface area contributed by atoms with Crippen LogP contribution < -0.4 is 19.5 Å². The minimum atomic E-state index is -0.564. The van der Waals surface area contributed by atoms with E-state index in [1.807, 2.05) is 0 Å². The standard InChI is InChI=1S/C20H22N2O7/c1-11-8-13-16(29-11)9-14(20(24)28-5)22(13)10-17(23)21-12-6-7-15(25-2)19(27-4)18(12)26-3/h6-9H,10H2,1-5H3,(H,21,23). The number of nitrogens with one attached hydrogen (secondary N) is 1. The van der Waals surface area contributed by atoms with E-state index in [-0.39, 0.29) is 18.1 Å². The maximum absolute atomic E-state index is 12.8. The van der Waals surface area contributed by atoms with Crippen LogP contribution in [0.1, 0.15) is 16.2 Å². The number of nitrogens with zero attached hydrogens (tertiary/aromatic N) is 1. The van der Waals surface area contributed by atoms with Crippen molar-refractivity contribution in [2.24, 2.45) is 0 Å². The second-order valence-corrected chi connectivity index (χ2v) is 6.14. The smallest absolute Gasteiger partial charge is 0.354 e. The maximum Gasteiger partial charge on any atom is 0.354 e. The van der Waals surface area contributed by atoms with Gasteiger partial charge in [-0.2, -0.15) is 0 Å². The van der Waals surface area contributed by atoms with Gasteiger partial charge in [-0.25, -0.2) is 4.79 Å². The molecule has 0 spiro atoms. The third-order valence-corrected chi connectivity index (χ3v) is 4.39. The van der Waals surface area contributed by atoms with Gasteiger partial charge in [-0.3, -0.25) is 4.79 Å². The molecule has 2 aromatic heterocycles. The minimum Gasteiger partial charge on any atom is -0.493 e. The van der Waals surface area contributed by atoms with Crippen molar-refractivity contribution in [3.05, 3.63) is 35.7 Å². The Morgan fingerprint density at radius 1 is 1.03 bits per heavy atom. The molecule has 29 heavy (non-hydrogen) atoms. The highest BCUT2D eigenvalue weighted by molar-refractivity contribution is 5.98. The number of carbonyl (C=O) groups excluding carboxylic acids is 2. The number of rotatable bonds is 7. The van der Waals surface area contributed by atoms with Gasteiger partial charge in [-0.1, -0.05) is 0 Å². The van der Waals surface area contributed by atoms with Crippen molar-refractivity contribution in [1.29, 1.82) is 0 Å². The number of methoxy groups -OCH3 is 4. The zero-order valence-electron chi connectivity index (χ0n) is 16.8. The van der Waals surface area contributed by atoms with Gasteiger partial charge in [-0.15, -0.1) is 0 Å². The fourth-order valence-corrected chi connectivity index (χ4v) is 3.14. The molecule has 3 aromatic rings. The third kappa shape index (κ3) is 3.71. The first-order valence-corrected chi connectivity index (χ1v) is 8.70. The first kappa shape index (κ1) is 20.1. The topological polar surface area (TPSA) is 101 Å². The number of amides is 1. The summed E-state index contributed by atoms with van der Waals surface area (Å²) in [5.41, 5.74) is 1.74. The Morgan fingerprint density at radius 3 is 2.38 bits per heavy atom. The predicted octanol–water partition coefficient (Wildman–Crippen LogP) is 2.99. The van der Waals surface area contributed by atoms with Crippen molar-refractivity contribution in [2.45, 2.75) is 13.5 Å². The van der Waals surface area contributed by atoms with Crippen LogP contribution >= 0.6 is 0 Å². The molecule has 0 radical (unpaired) electrons. The molecular weight excluding hydrogens is 380 g/mol.